The number of phenols is 1. The lowest BCUT2D eigenvalue weighted by Crippen LogP contribution is -2.31. The van der Waals surface area contributed by atoms with E-state index in [2.05, 4.69) is 6.07 Å². The van der Waals surface area contributed by atoms with Gasteiger partial charge in [0.05, 0.1) is 4.90 Å². The molecule has 0 saturated heterocycles. The molecule has 1 N–H and O–H groups in total. The van der Waals surface area contributed by atoms with Gasteiger partial charge in [0.1, 0.15) is 5.75 Å². The Hall–Kier alpha value is -2.63. The highest BCUT2D eigenvalue weighted by atomic mass is 32.2. The molecule has 0 radical (unpaired) electrons. The van der Waals surface area contributed by atoms with Gasteiger partial charge >= 0.3 is 0 Å². The Morgan fingerprint density at radius 3 is 2.32 bits per heavy atom. The number of nitrogens with zero attached hydrogens (tertiary/aromatic N) is 1. The van der Waals surface area contributed by atoms with Crippen molar-refractivity contribution in [3.8, 4) is 5.75 Å². The molecule has 1 heterocycles. The third-order valence-electron chi connectivity index (χ3n) is 5.40. The topological polar surface area (TPSA) is 57.6 Å². The van der Waals surface area contributed by atoms with Crippen LogP contribution in [0.25, 0.3) is 0 Å². The van der Waals surface area contributed by atoms with Crippen molar-refractivity contribution >= 4 is 10.0 Å². The summed E-state index contributed by atoms with van der Waals surface area (Å²) in [4.78, 5) is 0.332. The molecule has 1 unspecified atom stereocenters. The van der Waals surface area contributed by atoms with Gasteiger partial charge in [-0.25, -0.2) is 8.42 Å². The fourth-order valence-corrected chi connectivity index (χ4v) is 5.27. The molecule has 1 aliphatic rings. The Morgan fingerprint density at radius 2 is 1.61 bits per heavy atom. The van der Waals surface area contributed by atoms with Crippen molar-refractivity contribution in [3.05, 3.63) is 95.1 Å². The smallest absolute Gasteiger partial charge is 0.243 e. The fourth-order valence-electron chi connectivity index (χ4n) is 3.83. The first kappa shape index (κ1) is 18.7. The van der Waals surface area contributed by atoms with E-state index in [0.717, 1.165) is 22.3 Å². The van der Waals surface area contributed by atoms with Gasteiger partial charge in [-0.15, -0.1) is 0 Å². The number of rotatable bonds is 3. The molecule has 0 fully saturated rings. The maximum atomic E-state index is 13.2. The van der Waals surface area contributed by atoms with Crippen LogP contribution in [-0.4, -0.2) is 24.4 Å². The van der Waals surface area contributed by atoms with Crippen molar-refractivity contribution in [1.82, 2.24) is 4.31 Å². The average molecular weight is 394 g/mol. The second kappa shape index (κ2) is 7.41. The molecular weight excluding hydrogens is 370 g/mol. The first-order chi connectivity index (χ1) is 13.4. The van der Waals surface area contributed by atoms with E-state index in [1.54, 1.807) is 28.6 Å². The van der Waals surface area contributed by atoms with Gasteiger partial charge in [-0.2, -0.15) is 4.31 Å². The Bertz CT molecular complexity index is 1070. The lowest BCUT2D eigenvalue weighted by Gasteiger charge is -2.21. The van der Waals surface area contributed by atoms with Crippen molar-refractivity contribution in [2.45, 2.75) is 30.7 Å². The molecule has 0 amide bonds. The highest BCUT2D eigenvalue weighted by molar-refractivity contribution is 7.89. The first-order valence-electron chi connectivity index (χ1n) is 9.39. The van der Waals surface area contributed by atoms with Crippen molar-refractivity contribution in [1.29, 1.82) is 0 Å². The summed E-state index contributed by atoms with van der Waals surface area (Å²) in [6, 6.07) is 22.3. The third-order valence-corrected chi connectivity index (χ3v) is 7.26. The molecule has 3 aromatic carbocycles. The maximum absolute atomic E-state index is 13.2. The van der Waals surface area contributed by atoms with Crippen molar-refractivity contribution in [2.24, 2.45) is 0 Å². The second-order valence-corrected chi connectivity index (χ2v) is 9.22. The number of sulfonamides is 1. The van der Waals surface area contributed by atoms with E-state index in [-0.39, 0.29) is 11.7 Å². The van der Waals surface area contributed by atoms with Gasteiger partial charge in [0.15, 0.2) is 0 Å². The van der Waals surface area contributed by atoms with Crippen LogP contribution < -0.4 is 0 Å². The van der Waals surface area contributed by atoms with E-state index >= 15 is 0 Å². The molecule has 5 heteroatoms. The largest absolute Gasteiger partial charge is 0.508 e. The zero-order chi connectivity index (χ0) is 19.7. The van der Waals surface area contributed by atoms with Crippen LogP contribution in [0.3, 0.4) is 0 Å². The van der Waals surface area contributed by atoms with Gasteiger partial charge in [-0.3, -0.25) is 0 Å². The Morgan fingerprint density at radius 1 is 0.929 bits per heavy atom. The van der Waals surface area contributed by atoms with Crippen LogP contribution >= 0.6 is 0 Å². The number of hydrogen-bond donors (Lipinski definition) is 1. The van der Waals surface area contributed by atoms with E-state index in [1.807, 2.05) is 49.4 Å². The molecule has 0 spiro atoms. The van der Waals surface area contributed by atoms with Gasteiger partial charge in [-0.1, -0.05) is 54.1 Å². The zero-order valence-electron chi connectivity index (χ0n) is 15.7. The molecule has 3 aromatic rings. The third kappa shape index (κ3) is 3.55. The SMILES string of the molecule is Cc1ccc(S(=O)(=O)N2CCC(c3ccc(O)cc3)c3ccccc3C2)cc1. The molecule has 0 aliphatic carbocycles. The van der Waals surface area contributed by atoms with Crippen molar-refractivity contribution < 1.29 is 13.5 Å². The summed E-state index contributed by atoms with van der Waals surface area (Å²) in [5.74, 6) is 0.323. The summed E-state index contributed by atoms with van der Waals surface area (Å²) in [6.45, 7) is 2.75. The van der Waals surface area contributed by atoms with E-state index < -0.39 is 10.0 Å². The predicted octanol–water partition coefficient (Wildman–Crippen LogP) is 4.43. The van der Waals surface area contributed by atoms with Crippen LogP contribution in [0, 0.1) is 6.92 Å². The highest BCUT2D eigenvalue weighted by Crippen LogP contribution is 2.36. The molecule has 0 aromatic heterocycles. The molecule has 0 bridgehead atoms. The quantitative estimate of drug-likeness (QED) is 0.716. The van der Waals surface area contributed by atoms with Gasteiger partial charge in [0, 0.05) is 19.0 Å². The summed E-state index contributed by atoms with van der Waals surface area (Å²) in [5.41, 5.74) is 4.29. The molecule has 4 nitrogen and oxygen atoms in total. The first-order valence-corrected chi connectivity index (χ1v) is 10.8. The normalized spacial score (nSPS) is 17.7. The number of aromatic hydroxyl groups is 1. The molecule has 1 aliphatic heterocycles. The summed E-state index contributed by atoms with van der Waals surface area (Å²) in [6.07, 6.45) is 0.687. The number of hydrogen-bond acceptors (Lipinski definition) is 3. The predicted molar refractivity (Wildman–Crippen MR) is 110 cm³/mol. The Labute approximate surface area is 166 Å². The number of fused-ring (bicyclic) bond motifs is 1. The van der Waals surface area contributed by atoms with Gasteiger partial charge in [0.2, 0.25) is 10.0 Å². The molecule has 1 atom stereocenters. The standard InChI is InChI=1S/C23H23NO3S/c1-17-6-12-21(13-7-17)28(26,27)24-15-14-23(18-8-10-20(25)11-9-18)22-5-3-2-4-19(22)16-24/h2-13,23,25H,14-16H2,1H3. The second-order valence-electron chi connectivity index (χ2n) is 7.28. The summed E-state index contributed by atoms with van der Waals surface area (Å²) in [7, 11) is -3.56. The van der Waals surface area contributed by atoms with E-state index in [1.165, 1.54) is 0 Å². The van der Waals surface area contributed by atoms with E-state index in [0.29, 0.717) is 24.4 Å². The zero-order valence-corrected chi connectivity index (χ0v) is 16.6. The maximum Gasteiger partial charge on any atom is 0.243 e. The van der Waals surface area contributed by atoms with Crippen LogP contribution in [0.2, 0.25) is 0 Å². The minimum Gasteiger partial charge on any atom is -0.508 e. The van der Waals surface area contributed by atoms with Gasteiger partial charge in [0.25, 0.3) is 0 Å². The van der Waals surface area contributed by atoms with Crippen LogP contribution in [0.15, 0.2) is 77.7 Å². The van der Waals surface area contributed by atoms with Gasteiger partial charge < -0.3 is 5.11 Å². The molecule has 144 valence electrons. The molecule has 4 rings (SSSR count). The number of phenolic OH excluding ortho intramolecular Hbond substituents is 1. The van der Waals surface area contributed by atoms with E-state index in [9.17, 15) is 13.5 Å². The van der Waals surface area contributed by atoms with Crippen LogP contribution in [-0.2, 0) is 16.6 Å². The molecule has 0 saturated carbocycles. The lowest BCUT2D eigenvalue weighted by molar-refractivity contribution is 0.405. The van der Waals surface area contributed by atoms with Crippen LogP contribution in [0.1, 0.15) is 34.6 Å². The number of benzene rings is 3. The fraction of sp³-hybridized carbons (Fsp3) is 0.217. The monoisotopic (exact) mass is 393 g/mol. The van der Waals surface area contributed by atoms with Crippen molar-refractivity contribution in [2.75, 3.05) is 6.54 Å². The minimum absolute atomic E-state index is 0.0926. The Balaban J connectivity index is 1.72. The van der Waals surface area contributed by atoms with Gasteiger partial charge in [-0.05, 0) is 54.3 Å². The summed E-state index contributed by atoms with van der Waals surface area (Å²) >= 11 is 0. The lowest BCUT2D eigenvalue weighted by atomic mass is 9.87. The van der Waals surface area contributed by atoms with E-state index in [4.69, 9.17) is 0 Å². The molecule has 28 heavy (non-hydrogen) atoms. The van der Waals surface area contributed by atoms with Crippen molar-refractivity contribution in [3.63, 3.8) is 0 Å². The summed E-state index contributed by atoms with van der Waals surface area (Å²) < 4.78 is 28.1. The van der Waals surface area contributed by atoms with Crippen LogP contribution in [0.5, 0.6) is 5.75 Å². The number of aryl methyl sites for hydroxylation is 1. The minimum atomic E-state index is -3.56. The van der Waals surface area contributed by atoms with Crippen LogP contribution in [0.4, 0.5) is 0 Å². The average Bonchev–Trinajstić information content (AvgIpc) is 2.89. The highest BCUT2D eigenvalue weighted by Gasteiger charge is 2.30. The molecular formula is C23H23NO3S. The Kier molecular flexibility index (Phi) is 4.96. The summed E-state index contributed by atoms with van der Waals surface area (Å²) in [5, 5.41) is 9.61.